The summed E-state index contributed by atoms with van der Waals surface area (Å²) in [4.78, 5) is 57.5. The summed E-state index contributed by atoms with van der Waals surface area (Å²) >= 11 is 0. The molecule has 12 heteroatoms. The number of nitrogens with two attached hydrogens (primary N) is 3. The van der Waals surface area contributed by atoms with Crippen molar-refractivity contribution in [2.75, 3.05) is 13.1 Å². The lowest BCUT2D eigenvalue weighted by molar-refractivity contribution is -0.134. The number of guanidine groups is 1. The second-order valence-corrected chi connectivity index (χ2v) is 14.0. The van der Waals surface area contributed by atoms with Gasteiger partial charge < -0.3 is 38.5 Å². The van der Waals surface area contributed by atoms with Gasteiger partial charge in [-0.25, -0.2) is 0 Å². The summed E-state index contributed by atoms with van der Waals surface area (Å²) in [5.74, 6) is -2.27. The van der Waals surface area contributed by atoms with Gasteiger partial charge in [0.05, 0.1) is 11.5 Å². The Morgan fingerprint density at radius 2 is 1.38 bits per heavy atom. The van der Waals surface area contributed by atoms with Gasteiger partial charge in [0, 0.05) is 25.6 Å². The highest BCUT2D eigenvalue weighted by molar-refractivity contribution is 5.94. The summed E-state index contributed by atoms with van der Waals surface area (Å²) in [5, 5.41) is 12.1. The molecular formula is C38H58N8O4. The molecule has 0 radical (unpaired) electrons. The van der Waals surface area contributed by atoms with Gasteiger partial charge in [-0.05, 0) is 70.4 Å². The lowest BCUT2D eigenvalue weighted by Gasteiger charge is -2.32. The van der Waals surface area contributed by atoms with Crippen LogP contribution in [0.1, 0.15) is 71.9 Å². The fourth-order valence-electron chi connectivity index (χ4n) is 5.81. The van der Waals surface area contributed by atoms with Crippen LogP contribution in [0.4, 0.5) is 0 Å². The number of benzene rings is 2. The van der Waals surface area contributed by atoms with Crippen molar-refractivity contribution in [2.45, 2.75) is 96.8 Å². The van der Waals surface area contributed by atoms with E-state index in [0.717, 1.165) is 11.1 Å². The van der Waals surface area contributed by atoms with E-state index < -0.39 is 34.9 Å². The Morgan fingerprint density at radius 3 is 1.88 bits per heavy atom. The smallest absolute Gasteiger partial charge is 0.243 e. The predicted molar refractivity (Wildman–Crippen MR) is 200 cm³/mol. The number of carbonyl (C=O) groups is 4. The second-order valence-electron chi connectivity index (χ2n) is 14.0. The van der Waals surface area contributed by atoms with E-state index in [1.54, 1.807) is 19.1 Å². The van der Waals surface area contributed by atoms with E-state index in [-0.39, 0.29) is 55.7 Å². The van der Waals surface area contributed by atoms with E-state index in [0.29, 0.717) is 19.3 Å². The number of hydrogen-bond donors (Lipinski definition) is 7. The molecule has 10 N–H and O–H groups in total. The standard InChI is InChI=1S/C38H58N8O4/c1-26(2)23-30(19-13-21-42-35(50)38(6,45-27(3)4)25-29-17-11-8-12-18-29)32(47)44-31(20-14-22-43-36(40)41)33(48)46-37(5,34(39)49)24-28-15-9-7-10-16-28/h7-13,15-19,26-27,30-31,45H,14,20-25H2,1-6H3,(H2,39,49)(H,42,50)(H,44,47)(H,46,48)(H4,40,41,43)/b19-13+/t30-,31-,37+,38+/m0/s1. The highest BCUT2D eigenvalue weighted by Gasteiger charge is 2.36. The molecule has 2 aromatic carbocycles. The van der Waals surface area contributed by atoms with Crippen molar-refractivity contribution in [3.8, 4) is 0 Å². The molecule has 50 heavy (non-hydrogen) atoms. The number of nitrogens with zero attached hydrogens (tertiary/aromatic N) is 1. The first-order valence-electron chi connectivity index (χ1n) is 17.3. The van der Waals surface area contributed by atoms with Crippen LogP contribution in [0, 0.1) is 11.8 Å². The van der Waals surface area contributed by atoms with Gasteiger partial charge in [0.15, 0.2) is 5.96 Å². The maximum atomic E-state index is 13.7. The van der Waals surface area contributed by atoms with Crippen LogP contribution in [0.5, 0.6) is 0 Å². The predicted octanol–water partition coefficient (Wildman–Crippen LogP) is 2.46. The van der Waals surface area contributed by atoms with Crippen molar-refractivity contribution >= 4 is 29.6 Å². The number of rotatable bonds is 21. The van der Waals surface area contributed by atoms with Crippen molar-refractivity contribution in [1.82, 2.24) is 21.3 Å². The van der Waals surface area contributed by atoms with Crippen LogP contribution >= 0.6 is 0 Å². The molecule has 0 unspecified atom stereocenters. The van der Waals surface area contributed by atoms with E-state index >= 15 is 0 Å². The molecule has 274 valence electrons. The molecule has 0 aromatic heterocycles. The van der Waals surface area contributed by atoms with Crippen molar-refractivity contribution in [1.29, 1.82) is 0 Å². The SMILES string of the molecule is CC(C)C[C@H](/C=C/CNC(=O)[C@@](C)(Cc1ccccc1)NC(C)C)C(=O)N[C@@H](CCCN=C(N)N)C(=O)N[C@](C)(Cc1ccccc1)C(N)=O. The Morgan fingerprint density at radius 1 is 0.820 bits per heavy atom. The largest absolute Gasteiger partial charge is 0.370 e. The zero-order valence-electron chi connectivity index (χ0n) is 30.5. The topological polar surface area (TPSA) is 207 Å². The minimum absolute atomic E-state index is 0.0752. The molecule has 0 aliphatic rings. The summed E-state index contributed by atoms with van der Waals surface area (Å²) in [5.41, 5.74) is 16.3. The fourth-order valence-corrected chi connectivity index (χ4v) is 5.81. The van der Waals surface area contributed by atoms with E-state index in [9.17, 15) is 19.2 Å². The molecule has 0 aliphatic heterocycles. The van der Waals surface area contributed by atoms with Crippen LogP contribution in [0.2, 0.25) is 0 Å². The van der Waals surface area contributed by atoms with Crippen molar-refractivity contribution in [3.63, 3.8) is 0 Å². The van der Waals surface area contributed by atoms with Crippen LogP contribution in [-0.2, 0) is 32.0 Å². The van der Waals surface area contributed by atoms with E-state index in [1.165, 1.54) is 0 Å². The fraction of sp³-hybridized carbons (Fsp3) is 0.500. The van der Waals surface area contributed by atoms with Crippen molar-refractivity contribution in [2.24, 2.45) is 34.0 Å². The number of carbonyl (C=O) groups excluding carboxylic acids is 4. The molecule has 2 rings (SSSR count). The van der Waals surface area contributed by atoms with Crippen molar-refractivity contribution < 1.29 is 19.2 Å². The minimum Gasteiger partial charge on any atom is -0.370 e. The normalized spacial score (nSPS) is 15.0. The summed E-state index contributed by atoms with van der Waals surface area (Å²) in [6.07, 6.45) is 5.32. The highest BCUT2D eigenvalue weighted by Crippen LogP contribution is 2.18. The quantitative estimate of drug-likeness (QED) is 0.0450. The summed E-state index contributed by atoms with van der Waals surface area (Å²) < 4.78 is 0. The van der Waals surface area contributed by atoms with Crippen LogP contribution in [0.3, 0.4) is 0 Å². The molecule has 0 aliphatic carbocycles. The molecule has 0 heterocycles. The highest BCUT2D eigenvalue weighted by atomic mass is 16.2. The third-order valence-corrected chi connectivity index (χ3v) is 8.24. The average molecular weight is 691 g/mol. The van der Waals surface area contributed by atoms with E-state index in [1.807, 2.05) is 95.3 Å². The lowest BCUT2D eigenvalue weighted by atomic mass is 9.90. The summed E-state index contributed by atoms with van der Waals surface area (Å²) in [7, 11) is 0. The molecule has 4 amide bonds. The van der Waals surface area contributed by atoms with Gasteiger partial charge in [-0.2, -0.15) is 0 Å². The van der Waals surface area contributed by atoms with Gasteiger partial charge in [-0.15, -0.1) is 0 Å². The average Bonchev–Trinajstić information content (AvgIpc) is 3.03. The molecule has 0 spiro atoms. The number of amides is 4. The maximum absolute atomic E-state index is 13.7. The third kappa shape index (κ3) is 14.4. The zero-order chi connectivity index (χ0) is 37.3. The molecule has 4 atom stereocenters. The van der Waals surface area contributed by atoms with Crippen LogP contribution < -0.4 is 38.5 Å². The number of nitrogens with one attached hydrogen (secondary N) is 4. The molecule has 0 saturated heterocycles. The van der Waals surface area contributed by atoms with Gasteiger partial charge in [0.2, 0.25) is 23.6 Å². The third-order valence-electron chi connectivity index (χ3n) is 8.24. The van der Waals surface area contributed by atoms with Gasteiger partial charge in [0.1, 0.15) is 11.6 Å². The van der Waals surface area contributed by atoms with E-state index in [4.69, 9.17) is 17.2 Å². The molecule has 0 saturated carbocycles. The number of hydrogen-bond acceptors (Lipinski definition) is 6. The lowest BCUT2D eigenvalue weighted by Crippen LogP contribution is -2.61. The molecule has 0 fully saturated rings. The Labute approximate surface area is 297 Å². The Balaban J connectivity index is 2.21. The summed E-state index contributed by atoms with van der Waals surface area (Å²) in [6, 6.07) is 18.1. The second kappa shape index (κ2) is 20.1. The Kier molecular flexibility index (Phi) is 16.7. The molecular weight excluding hydrogens is 632 g/mol. The first-order chi connectivity index (χ1) is 23.5. The first-order valence-corrected chi connectivity index (χ1v) is 17.3. The van der Waals surface area contributed by atoms with E-state index in [2.05, 4.69) is 26.3 Å². The van der Waals surface area contributed by atoms with Crippen molar-refractivity contribution in [3.05, 3.63) is 83.9 Å². The monoisotopic (exact) mass is 690 g/mol. The molecule has 0 bridgehead atoms. The number of primary amides is 1. The molecule has 2 aromatic rings. The van der Waals surface area contributed by atoms with Gasteiger partial charge >= 0.3 is 0 Å². The van der Waals surface area contributed by atoms with Gasteiger partial charge in [-0.1, -0.05) is 86.7 Å². The summed E-state index contributed by atoms with van der Waals surface area (Å²) in [6.45, 7) is 11.9. The van der Waals surface area contributed by atoms with Crippen LogP contribution in [-0.4, -0.2) is 65.8 Å². The van der Waals surface area contributed by atoms with Gasteiger partial charge in [0.25, 0.3) is 0 Å². The maximum Gasteiger partial charge on any atom is 0.243 e. The zero-order valence-corrected chi connectivity index (χ0v) is 30.5. The van der Waals surface area contributed by atoms with Crippen LogP contribution in [0.25, 0.3) is 0 Å². The Hall–Kier alpha value is -4.71. The first kappa shape index (κ1) is 41.5. The minimum atomic E-state index is -1.41. The Bertz CT molecular complexity index is 1440. The van der Waals surface area contributed by atoms with Crippen LogP contribution in [0.15, 0.2) is 77.8 Å². The molecule has 12 nitrogen and oxygen atoms in total. The number of aliphatic imine (C=N–C) groups is 1. The van der Waals surface area contributed by atoms with Gasteiger partial charge in [-0.3, -0.25) is 24.2 Å².